The van der Waals surface area contributed by atoms with Gasteiger partial charge in [0.25, 0.3) is 0 Å². The molecule has 2 saturated carbocycles. The van der Waals surface area contributed by atoms with Gasteiger partial charge in [-0.2, -0.15) is 5.26 Å². The first kappa shape index (κ1) is 21.9. The van der Waals surface area contributed by atoms with E-state index in [9.17, 15) is 19.4 Å². The van der Waals surface area contributed by atoms with Crippen LogP contribution in [0, 0.1) is 28.6 Å². The number of nitriles is 1. The number of benzene rings is 1. The number of nitrogens with zero attached hydrogens (tertiary/aromatic N) is 1. The Morgan fingerprint density at radius 1 is 1.43 bits per heavy atom. The van der Waals surface area contributed by atoms with Gasteiger partial charge in [0.2, 0.25) is 5.03 Å². The average molecular weight is 510 g/mol. The van der Waals surface area contributed by atoms with E-state index in [1.807, 2.05) is 0 Å². The van der Waals surface area contributed by atoms with Crippen LogP contribution in [0.5, 0.6) is 0 Å². The molecule has 0 spiro atoms. The second-order valence-corrected chi connectivity index (χ2v) is 11.2. The van der Waals surface area contributed by atoms with E-state index in [-0.39, 0.29) is 34.9 Å². The highest BCUT2D eigenvalue weighted by molar-refractivity contribution is 9.10. The summed E-state index contributed by atoms with van der Waals surface area (Å²) in [4.78, 5) is 25.3. The Balaban J connectivity index is 1.69. The maximum absolute atomic E-state index is 13.6. The molecule has 0 radical (unpaired) electrons. The van der Waals surface area contributed by atoms with Crippen LogP contribution in [0.25, 0.3) is 0 Å². The Hall–Kier alpha value is -1.33. The van der Waals surface area contributed by atoms with E-state index in [1.54, 1.807) is 12.1 Å². The van der Waals surface area contributed by atoms with Gasteiger partial charge < -0.3 is 9.87 Å². The molecule has 4 unspecified atom stereocenters. The quantitative estimate of drug-likeness (QED) is 0.551. The average Bonchev–Trinajstić information content (AvgIpc) is 3.41. The smallest absolute Gasteiger partial charge is 0.230 e. The Morgan fingerprint density at radius 3 is 2.90 bits per heavy atom. The number of nitrogens with one attached hydrogen (secondary N) is 1. The molecular weight excluding hydrogens is 488 g/mol. The van der Waals surface area contributed by atoms with Crippen LogP contribution in [0.15, 0.2) is 27.2 Å². The van der Waals surface area contributed by atoms with Crippen LogP contribution < -0.4 is 5.32 Å². The minimum absolute atomic E-state index is 0.00638. The van der Waals surface area contributed by atoms with Crippen molar-refractivity contribution in [3.8, 4) is 6.07 Å². The van der Waals surface area contributed by atoms with Crippen molar-refractivity contribution in [3.63, 3.8) is 0 Å². The standard InChI is InChI=1S/C22H22BrClN2O3S/c1-12(27)15-7-18(28)19-17(24)6-5-16(23)20(19)26-21(15)30(29)11-22-8-13(10-25)3-2-4-14(22)9-22/h5-6,13-14,26H,2-4,7-9,11H2,1H3. The van der Waals surface area contributed by atoms with E-state index in [0.29, 0.717) is 37.4 Å². The number of hydrogen-bond donors (Lipinski definition) is 1. The molecule has 2 aliphatic carbocycles. The number of halogens is 2. The largest absolute Gasteiger partial charge is 0.610 e. The Labute approximate surface area is 192 Å². The molecule has 1 N–H and O–H groups in total. The van der Waals surface area contributed by atoms with Crippen LogP contribution in [-0.4, -0.2) is 21.9 Å². The summed E-state index contributed by atoms with van der Waals surface area (Å²) < 4.78 is 14.2. The fourth-order valence-electron chi connectivity index (χ4n) is 4.92. The maximum atomic E-state index is 13.6. The van der Waals surface area contributed by atoms with E-state index in [1.165, 1.54) is 6.92 Å². The van der Waals surface area contributed by atoms with Gasteiger partial charge in [0.05, 0.1) is 27.9 Å². The van der Waals surface area contributed by atoms with Crippen molar-refractivity contribution < 1.29 is 14.1 Å². The Bertz CT molecular complexity index is 1000. The van der Waals surface area contributed by atoms with Crippen LogP contribution in [0.2, 0.25) is 5.02 Å². The number of allylic oxidation sites excluding steroid dienone is 1. The van der Waals surface area contributed by atoms with Crippen molar-refractivity contribution in [2.75, 3.05) is 11.1 Å². The second-order valence-electron chi connectivity index (χ2n) is 8.58. The van der Waals surface area contributed by atoms with Gasteiger partial charge in [-0.25, -0.2) is 0 Å². The highest BCUT2D eigenvalue weighted by Gasteiger charge is 2.58. The molecule has 0 bridgehead atoms. The fraction of sp³-hybridized carbons (Fsp3) is 0.500. The van der Waals surface area contributed by atoms with Gasteiger partial charge in [-0.3, -0.25) is 9.59 Å². The van der Waals surface area contributed by atoms with Crippen molar-refractivity contribution in [2.24, 2.45) is 17.3 Å². The summed E-state index contributed by atoms with van der Waals surface area (Å²) in [5.74, 6) is 0.328. The number of fused-ring (bicyclic) bond motifs is 2. The van der Waals surface area contributed by atoms with Gasteiger partial charge in [0.15, 0.2) is 11.6 Å². The van der Waals surface area contributed by atoms with Crippen molar-refractivity contribution in [3.05, 3.63) is 37.8 Å². The van der Waals surface area contributed by atoms with Crippen LogP contribution in [0.1, 0.15) is 55.8 Å². The van der Waals surface area contributed by atoms with E-state index < -0.39 is 11.2 Å². The van der Waals surface area contributed by atoms with Crippen molar-refractivity contribution in [1.82, 2.24) is 0 Å². The number of carbonyl (C=O) groups excluding carboxylic acids is 2. The van der Waals surface area contributed by atoms with Crippen LogP contribution in [-0.2, 0) is 16.0 Å². The summed E-state index contributed by atoms with van der Waals surface area (Å²) in [6, 6.07) is 5.75. The van der Waals surface area contributed by atoms with Crippen molar-refractivity contribution >= 4 is 56.0 Å². The normalized spacial score (nSPS) is 29.0. The van der Waals surface area contributed by atoms with Gasteiger partial charge in [-0.05, 0) is 66.6 Å². The lowest BCUT2D eigenvalue weighted by Crippen LogP contribution is -2.26. The molecular formula is C22H22BrClN2O3S. The van der Waals surface area contributed by atoms with Crippen LogP contribution >= 0.6 is 27.5 Å². The zero-order valence-electron chi connectivity index (χ0n) is 16.6. The van der Waals surface area contributed by atoms with Gasteiger partial charge in [-0.15, -0.1) is 0 Å². The molecule has 3 aliphatic rings. The van der Waals surface area contributed by atoms with Gasteiger partial charge >= 0.3 is 0 Å². The predicted molar refractivity (Wildman–Crippen MR) is 121 cm³/mol. The zero-order chi connectivity index (χ0) is 21.6. The highest BCUT2D eigenvalue weighted by Crippen LogP contribution is 2.62. The molecule has 4 rings (SSSR count). The van der Waals surface area contributed by atoms with E-state index >= 15 is 0 Å². The van der Waals surface area contributed by atoms with Crippen LogP contribution in [0.3, 0.4) is 0 Å². The van der Waals surface area contributed by atoms with Crippen molar-refractivity contribution in [1.29, 1.82) is 5.26 Å². The summed E-state index contributed by atoms with van der Waals surface area (Å²) in [6.45, 7) is 1.39. The molecule has 8 heteroatoms. The van der Waals surface area contributed by atoms with Crippen LogP contribution in [0.4, 0.5) is 5.69 Å². The molecule has 158 valence electrons. The van der Waals surface area contributed by atoms with E-state index in [4.69, 9.17) is 11.6 Å². The number of ketones is 2. The van der Waals surface area contributed by atoms with Gasteiger partial charge in [-0.1, -0.05) is 18.0 Å². The summed E-state index contributed by atoms with van der Waals surface area (Å²) in [5.41, 5.74) is 0.894. The van der Waals surface area contributed by atoms with Gasteiger partial charge in [0.1, 0.15) is 5.75 Å². The monoisotopic (exact) mass is 508 g/mol. The lowest BCUT2D eigenvalue weighted by Gasteiger charge is -2.23. The Kier molecular flexibility index (Phi) is 6.06. The molecule has 5 nitrogen and oxygen atoms in total. The number of carbonyl (C=O) groups is 2. The first-order valence-electron chi connectivity index (χ1n) is 10.1. The third kappa shape index (κ3) is 3.95. The SMILES string of the molecule is CC(=O)C1=C([S+]([O-])CC23CC(C#N)CCCC2C3)Nc2c(Br)ccc(Cl)c2C(=O)C1. The Morgan fingerprint density at radius 2 is 2.20 bits per heavy atom. The third-order valence-electron chi connectivity index (χ3n) is 6.60. The lowest BCUT2D eigenvalue weighted by atomic mass is 9.92. The summed E-state index contributed by atoms with van der Waals surface area (Å²) >= 11 is 8.22. The highest BCUT2D eigenvalue weighted by atomic mass is 79.9. The van der Waals surface area contributed by atoms with E-state index in [2.05, 4.69) is 27.3 Å². The third-order valence-corrected chi connectivity index (χ3v) is 9.22. The minimum Gasteiger partial charge on any atom is -0.610 e. The molecule has 0 aromatic heterocycles. The van der Waals surface area contributed by atoms with E-state index in [0.717, 1.165) is 32.1 Å². The number of rotatable bonds is 4. The number of hydrogen-bond acceptors (Lipinski definition) is 5. The second kappa shape index (κ2) is 8.31. The molecule has 1 aromatic carbocycles. The lowest BCUT2D eigenvalue weighted by molar-refractivity contribution is -0.113. The topological polar surface area (TPSA) is 93.0 Å². The predicted octanol–water partition coefficient (Wildman–Crippen LogP) is 5.37. The first-order valence-corrected chi connectivity index (χ1v) is 12.5. The molecule has 30 heavy (non-hydrogen) atoms. The molecule has 2 fully saturated rings. The van der Waals surface area contributed by atoms with Crippen molar-refractivity contribution in [2.45, 2.75) is 45.4 Å². The molecule has 0 amide bonds. The molecule has 1 aliphatic heterocycles. The summed E-state index contributed by atoms with van der Waals surface area (Å²) in [5, 5.41) is 13.2. The zero-order valence-corrected chi connectivity index (χ0v) is 19.8. The minimum atomic E-state index is -1.50. The first-order chi connectivity index (χ1) is 14.3. The fourth-order valence-corrected chi connectivity index (χ4v) is 7.45. The number of Topliss-reactive ketones (excluding diaryl/α,β-unsaturated/α-hetero) is 2. The van der Waals surface area contributed by atoms with Gasteiger partial charge in [0, 0.05) is 33.4 Å². The molecule has 0 saturated heterocycles. The number of anilines is 1. The maximum Gasteiger partial charge on any atom is 0.230 e. The summed E-state index contributed by atoms with van der Waals surface area (Å²) in [6.07, 6.45) is 4.59. The summed E-state index contributed by atoms with van der Waals surface area (Å²) in [7, 11) is 0. The molecule has 4 atom stereocenters. The molecule has 1 aromatic rings. The molecule has 1 heterocycles.